The van der Waals surface area contributed by atoms with Gasteiger partial charge in [-0.05, 0) is 12.1 Å². The standard InChI is InChI=1S/C9H11N3O5/c1-16-12(17-2)9(13)10-7-3-5-8(6-4-7)11(14)15/h3-6H,1-2H3,(H,10,13). The van der Waals surface area contributed by atoms with Crippen LogP contribution in [0.15, 0.2) is 24.3 Å². The molecule has 8 heteroatoms. The van der Waals surface area contributed by atoms with Gasteiger partial charge in [0.15, 0.2) is 0 Å². The van der Waals surface area contributed by atoms with Gasteiger partial charge in [0, 0.05) is 17.8 Å². The monoisotopic (exact) mass is 241 g/mol. The first-order valence-electron chi connectivity index (χ1n) is 4.52. The van der Waals surface area contributed by atoms with Gasteiger partial charge in [-0.3, -0.25) is 10.1 Å². The van der Waals surface area contributed by atoms with Crippen molar-refractivity contribution in [3.05, 3.63) is 34.4 Å². The molecule has 0 unspecified atom stereocenters. The van der Waals surface area contributed by atoms with Crippen LogP contribution in [0, 0.1) is 10.1 Å². The van der Waals surface area contributed by atoms with Crippen LogP contribution in [0.2, 0.25) is 0 Å². The molecule has 0 saturated carbocycles. The van der Waals surface area contributed by atoms with Crippen molar-refractivity contribution in [2.75, 3.05) is 19.5 Å². The van der Waals surface area contributed by atoms with Crippen molar-refractivity contribution >= 4 is 17.4 Å². The molecular formula is C9H11N3O5. The third-order valence-electron chi connectivity index (χ3n) is 1.83. The highest BCUT2D eigenvalue weighted by Crippen LogP contribution is 2.15. The molecule has 0 fully saturated rings. The number of carbonyl (C=O) groups excluding carboxylic acids is 1. The number of hydrogen-bond donors (Lipinski definition) is 1. The van der Waals surface area contributed by atoms with Crippen LogP contribution in [0.4, 0.5) is 16.2 Å². The van der Waals surface area contributed by atoms with E-state index in [9.17, 15) is 14.9 Å². The molecule has 0 aliphatic rings. The maximum atomic E-state index is 11.4. The number of carbonyl (C=O) groups is 1. The molecule has 8 nitrogen and oxygen atoms in total. The van der Waals surface area contributed by atoms with Crippen LogP contribution in [0.3, 0.4) is 0 Å². The molecule has 0 atom stereocenters. The van der Waals surface area contributed by atoms with Gasteiger partial charge in [-0.1, -0.05) is 5.23 Å². The minimum absolute atomic E-state index is 0.0571. The number of nitro groups is 1. The molecule has 0 radical (unpaired) electrons. The second-order valence-electron chi connectivity index (χ2n) is 2.86. The summed E-state index contributed by atoms with van der Waals surface area (Å²) < 4.78 is 0. The number of nitrogens with one attached hydrogen (secondary N) is 1. The maximum Gasteiger partial charge on any atom is 0.371 e. The van der Waals surface area contributed by atoms with Crippen molar-refractivity contribution in [2.45, 2.75) is 0 Å². The quantitative estimate of drug-likeness (QED) is 0.637. The van der Waals surface area contributed by atoms with E-state index >= 15 is 0 Å². The Bertz CT molecular complexity index is 402. The third kappa shape index (κ3) is 3.40. The topological polar surface area (TPSA) is 93.9 Å². The zero-order valence-corrected chi connectivity index (χ0v) is 9.25. The molecule has 0 aromatic heterocycles. The Morgan fingerprint density at radius 2 is 1.82 bits per heavy atom. The fraction of sp³-hybridized carbons (Fsp3) is 0.222. The number of amides is 2. The first-order chi connectivity index (χ1) is 8.08. The molecule has 0 aliphatic carbocycles. The van der Waals surface area contributed by atoms with E-state index in [-0.39, 0.29) is 5.69 Å². The van der Waals surface area contributed by atoms with Crippen molar-refractivity contribution in [1.29, 1.82) is 0 Å². The number of hydroxylamine groups is 2. The second-order valence-corrected chi connectivity index (χ2v) is 2.86. The number of benzene rings is 1. The summed E-state index contributed by atoms with van der Waals surface area (Å²) in [4.78, 5) is 30.5. The Kier molecular flexibility index (Phi) is 4.37. The molecule has 0 bridgehead atoms. The van der Waals surface area contributed by atoms with Crippen molar-refractivity contribution in [2.24, 2.45) is 0 Å². The smallest absolute Gasteiger partial charge is 0.304 e. The number of urea groups is 1. The lowest BCUT2D eigenvalue weighted by Gasteiger charge is -2.16. The van der Waals surface area contributed by atoms with Gasteiger partial charge in [0.2, 0.25) is 0 Å². The first kappa shape index (κ1) is 12.9. The predicted molar refractivity (Wildman–Crippen MR) is 58.0 cm³/mol. The van der Waals surface area contributed by atoms with E-state index in [0.29, 0.717) is 10.9 Å². The van der Waals surface area contributed by atoms with E-state index in [0.717, 1.165) is 0 Å². The molecule has 0 saturated heterocycles. The summed E-state index contributed by atoms with van der Waals surface area (Å²) in [5.41, 5.74) is 0.332. The van der Waals surface area contributed by atoms with E-state index in [1.54, 1.807) is 0 Å². The highest BCUT2D eigenvalue weighted by Gasteiger charge is 2.13. The molecule has 0 heterocycles. The largest absolute Gasteiger partial charge is 0.371 e. The van der Waals surface area contributed by atoms with Crippen LogP contribution < -0.4 is 5.32 Å². The van der Waals surface area contributed by atoms with Crippen molar-refractivity contribution in [3.63, 3.8) is 0 Å². The molecule has 1 N–H and O–H groups in total. The number of non-ortho nitro benzene ring substituents is 1. The number of nitro benzene ring substituents is 1. The first-order valence-corrected chi connectivity index (χ1v) is 4.52. The Morgan fingerprint density at radius 1 is 1.29 bits per heavy atom. The zero-order valence-electron chi connectivity index (χ0n) is 9.25. The summed E-state index contributed by atoms with van der Waals surface area (Å²) >= 11 is 0. The van der Waals surface area contributed by atoms with Crippen LogP contribution in [0.5, 0.6) is 0 Å². The molecule has 2 amide bonds. The molecule has 1 rings (SSSR count). The molecule has 1 aromatic carbocycles. The Labute approximate surface area is 96.8 Å². The zero-order chi connectivity index (χ0) is 12.8. The van der Waals surface area contributed by atoms with Crippen molar-refractivity contribution in [1.82, 2.24) is 5.23 Å². The van der Waals surface area contributed by atoms with Crippen LogP contribution >= 0.6 is 0 Å². The maximum absolute atomic E-state index is 11.4. The average Bonchev–Trinajstić information content (AvgIpc) is 2.31. The van der Waals surface area contributed by atoms with E-state index < -0.39 is 11.0 Å². The Hall–Kier alpha value is -2.19. The Morgan fingerprint density at radius 3 is 2.24 bits per heavy atom. The van der Waals surface area contributed by atoms with Crippen LogP contribution in [-0.4, -0.2) is 30.4 Å². The number of nitrogens with zero attached hydrogens (tertiary/aromatic N) is 2. The molecule has 0 spiro atoms. The fourth-order valence-corrected chi connectivity index (χ4v) is 1.08. The van der Waals surface area contributed by atoms with Gasteiger partial charge in [0.1, 0.15) is 0 Å². The van der Waals surface area contributed by atoms with Crippen molar-refractivity contribution < 1.29 is 19.4 Å². The lowest BCUT2D eigenvalue weighted by atomic mass is 10.3. The summed E-state index contributed by atoms with van der Waals surface area (Å²) in [6.45, 7) is 0. The molecule has 17 heavy (non-hydrogen) atoms. The van der Waals surface area contributed by atoms with E-state index in [2.05, 4.69) is 15.0 Å². The van der Waals surface area contributed by atoms with E-state index in [4.69, 9.17) is 0 Å². The van der Waals surface area contributed by atoms with E-state index in [1.807, 2.05) is 0 Å². The summed E-state index contributed by atoms with van der Waals surface area (Å²) in [7, 11) is 2.53. The summed E-state index contributed by atoms with van der Waals surface area (Å²) in [5.74, 6) is 0. The minimum Gasteiger partial charge on any atom is -0.304 e. The predicted octanol–water partition coefficient (Wildman–Crippen LogP) is 1.55. The number of hydrogen-bond acceptors (Lipinski definition) is 5. The molecular weight excluding hydrogens is 230 g/mol. The Balaban J connectivity index is 2.69. The summed E-state index contributed by atoms with van der Waals surface area (Å²) in [6.07, 6.45) is 0. The normalized spacial score (nSPS) is 9.76. The van der Waals surface area contributed by atoms with Gasteiger partial charge in [-0.25, -0.2) is 14.5 Å². The highest BCUT2D eigenvalue weighted by molar-refractivity contribution is 5.87. The van der Waals surface area contributed by atoms with Gasteiger partial charge in [0.05, 0.1) is 19.1 Å². The summed E-state index contributed by atoms with van der Waals surface area (Å²) in [5, 5.41) is 13.5. The molecule has 92 valence electrons. The van der Waals surface area contributed by atoms with Crippen LogP contribution in [0.1, 0.15) is 0 Å². The third-order valence-corrected chi connectivity index (χ3v) is 1.83. The van der Waals surface area contributed by atoms with E-state index in [1.165, 1.54) is 38.5 Å². The number of rotatable bonds is 4. The van der Waals surface area contributed by atoms with Crippen molar-refractivity contribution in [3.8, 4) is 0 Å². The summed E-state index contributed by atoms with van der Waals surface area (Å²) in [6, 6.07) is 4.71. The molecule has 1 aromatic rings. The average molecular weight is 241 g/mol. The SMILES string of the molecule is CON(OC)C(=O)Nc1ccc([N+](=O)[O-])cc1. The second kappa shape index (κ2) is 5.77. The number of anilines is 1. The van der Waals surface area contributed by atoms with Crippen LogP contribution in [-0.2, 0) is 9.68 Å². The molecule has 0 aliphatic heterocycles. The van der Waals surface area contributed by atoms with Gasteiger partial charge < -0.3 is 5.32 Å². The van der Waals surface area contributed by atoms with Crippen LogP contribution in [0.25, 0.3) is 0 Å². The minimum atomic E-state index is -0.649. The fourth-order valence-electron chi connectivity index (χ4n) is 1.08. The van der Waals surface area contributed by atoms with Gasteiger partial charge >= 0.3 is 6.03 Å². The van der Waals surface area contributed by atoms with Gasteiger partial charge in [-0.2, -0.15) is 0 Å². The highest BCUT2D eigenvalue weighted by atomic mass is 16.9. The van der Waals surface area contributed by atoms with Gasteiger partial charge in [-0.15, -0.1) is 0 Å². The lowest BCUT2D eigenvalue weighted by Crippen LogP contribution is -2.33. The van der Waals surface area contributed by atoms with Gasteiger partial charge in [0.25, 0.3) is 5.69 Å². The lowest BCUT2D eigenvalue weighted by molar-refractivity contribution is -0.384.